The van der Waals surface area contributed by atoms with Crippen LogP contribution in [0, 0.1) is 0 Å². The van der Waals surface area contributed by atoms with E-state index in [1.807, 2.05) is 43.3 Å². The number of Topliss-reactive ketones (excluding diaryl/α,β-unsaturated/α-hetero) is 2. The maximum atomic E-state index is 13.8. The largest absolute Gasteiger partial charge is 0.490 e. The Balaban J connectivity index is 1.41. The summed E-state index contributed by atoms with van der Waals surface area (Å²) in [7, 11) is 0. The number of nitrogens with zero attached hydrogens (tertiary/aromatic N) is 1. The van der Waals surface area contributed by atoms with E-state index in [9.17, 15) is 9.59 Å². The van der Waals surface area contributed by atoms with E-state index in [-0.39, 0.29) is 18.2 Å². The lowest BCUT2D eigenvalue weighted by molar-refractivity contribution is -0.117. The Hall–Kier alpha value is -3.25. The first-order valence-corrected chi connectivity index (χ1v) is 16.4. The maximum absolute atomic E-state index is 13.8. The second-order valence-corrected chi connectivity index (χ2v) is 12.6. The van der Waals surface area contributed by atoms with Crippen molar-refractivity contribution in [2.45, 2.75) is 64.4 Å². The lowest BCUT2D eigenvalue weighted by atomic mass is 9.71. The fourth-order valence-electron chi connectivity index (χ4n) is 6.65. The number of allylic oxidation sites excluding steroid dienone is 4. The molecule has 1 aliphatic heterocycles. The van der Waals surface area contributed by atoms with Gasteiger partial charge in [0.15, 0.2) is 23.1 Å². The molecule has 0 aromatic heterocycles. The SMILES string of the molecule is CCOc1cc(C2C3=C(CCCC3=O)N(CCc3ccccc3)C3=C2C(=O)CCC3)cc(Cl)c1OCc1ccc(Cl)c(Cl)c1. The van der Waals surface area contributed by atoms with E-state index in [4.69, 9.17) is 44.3 Å². The summed E-state index contributed by atoms with van der Waals surface area (Å²) in [5.41, 5.74) is 6.37. The maximum Gasteiger partial charge on any atom is 0.180 e. The summed E-state index contributed by atoms with van der Waals surface area (Å²) in [6.07, 6.45) is 4.96. The molecule has 0 N–H and O–H groups in total. The summed E-state index contributed by atoms with van der Waals surface area (Å²) < 4.78 is 12.2. The number of rotatable bonds is 9. The van der Waals surface area contributed by atoms with Crippen molar-refractivity contribution >= 4 is 46.4 Å². The Labute approximate surface area is 273 Å². The van der Waals surface area contributed by atoms with Gasteiger partial charge in [-0.3, -0.25) is 9.59 Å². The van der Waals surface area contributed by atoms with Crippen molar-refractivity contribution in [2.24, 2.45) is 0 Å². The molecule has 0 saturated heterocycles. The van der Waals surface area contributed by atoms with Crippen LogP contribution in [0.4, 0.5) is 0 Å². The van der Waals surface area contributed by atoms with E-state index >= 15 is 0 Å². The smallest absolute Gasteiger partial charge is 0.180 e. The first-order chi connectivity index (χ1) is 21.4. The molecule has 0 fully saturated rings. The summed E-state index contributed by atoms with van der Waals surface area (Å²) >= 11 is 19.2. The fraction of sp³-hybridized carbons (Fsp3) is 0.333. The van der Waals surface area contributed by atoms with E-state index in [1.54, 1.807) is 12.1 Å². The Bertz CT molecular complexity index is 1620. The number of ketones is 2. The quantitative estimate of drug-likeness (QED) is 0.231. The predicted molar refractivity (Wildman–Crippen MR) is 175 cm³/mol. The van der Waals surface area contributed by atoms with Crippen LogP contribution in [0.15, 0.2) is 83.2 Å². The molecule has 0 bridgehead atoms. The Morgan fingerprint density at radius 1 is 0.750 bits per heavy atom. The van der Waals surface area contributed by atoms with Crippen LogP contribution in [-0.4, -0.2) is 29.6 Å². The van der Waals surface area contributed by atoms with Gasteiger partial charge in [-0.25, -0.2) is 0 Å². The number of hydrogen-bond donors (Lipinski definition) is 0. The van der Waals surface area contributed by atoms with Crippen molar-refractivity contribution in [3.63, 3.8) is 0 Å². The van der Waals surface area contributed by atoms with E-state index in [1.165, 1.54) is 5.56 Å². The Morgan fingerprint density at radius 2 is 1.43 bits per heavy atom. The average Bonchev–Trinajstić information content (AvgIpc) is 3.01. The first kappa shape index (κ1) is 30.8. The zero-order valence-corrected chi connectivity index (χ0v) is 26.9. The van der Waals surface area contributed by atoms with Gasteiger partial charge in [-0.15, -0.1) is 0 Å². The molecular weight excluding hydrogens is 617 g/mol. The van der Waals surface area contributed by atoms with Crippen molar-refractivity contribution in [3.8, 4) is 11.5 Å². The molecule has 0 spiro atoms. The van der Waals surface area contributed by atoms with Gasteiger partial charge in [0.2, 0.25) is 0 Å². The molecule has 3 aliphatic rings. The van der Waals surface area contributed by atoms with Crippen molar-refractivity contribution < 1.29 is 19.1 Å². The van der Waals surface area contributed by atoms with Gasteiger partial charge in [-0.2, -0.15) is 0 Å². The van der Waals surface area contributed by atoms with Gasteiger partial charge in [-0.05, 0) is 80.0 Å². The van der Waals surface area contributed by atoms with E-state index in [0.29, 0.717) is 46.0 Å². The highest BCUT2D eigenvalue weighted by Gasteiger charge is 2.43. The summed E-state index contributed by atoms with van der Waals surface area (Å²) in [6.45, 7) is 3.21. The first-order valence-electron chi connectivity index (χ1n) is 15.2. The monoisotopic (exact) mass is 649 g/mol. The highest BCUT2D eigenvalue weighted by atomic mass is 35.5. The van der Waals surface area contributed by atoms with Crippen molar-refractivity contribution in [1.29, 1.82) is 0 Å². The molecule has 0 atom stereocenters. The van der Waals surface area contributed by atoms with Gasteiger partial charge in [0, 0.05) is 47.8 Å². The third kappa shape index (κ3) is 6.15. The van der Waals surface area contributed by atoms with E-state index < -0.39 is 5.92 Å². The molecule has 0 radical (unpaired) electrons. The summed E-state index contributed by atoms with van der Waals surface area (Å²) in [4.78, 5) is 29.8. The van der Waals surface area contributed by atoms with Crippen LogP contribution in [0.5, 0.6) is 11.5 Å². The van der Waals surface area contributed by atoms with Crippen molar-refractivity contribution in [2.75, 3.05) is 13.2 Å². The van der Waals surface area contributed by atoms with Gasteiger partial charge in [-0.1, -0.05) is 71.2 Å². The van der Waals surface area contributed by atoms with Crippen LogP contribution in [-0.2, 0) is 22.6 Å². The number of hydrogen-bond acceptors (Lipinski definition) is 5. The highest BCUT2D eigenvalue weighted by Crippen LogP contribution is 2.51. The molecule has 3 aromatic rings. The third-order valence-corrected chi connectivity index (χ3v) is 9.61. The Kier molecular flexibility index (Phi) is 9.37. The molecule has 6 rings (SSSR count). The Morgan fingerprint density at radius 3 is 2.07 bits per heavy atom. The van der Waals surface area contributed by atoms with Gasteiger partial charge >= 0.3 is 0 Å². The summed E-state index contributed by atoms with van der Waals surface area (Å²) in [5, 5.41) is 1.26. The third-order valence-electron chi connectivity index (χ3n) is 8.59. The standard InChI is InChI=1S/C36H34Cl3NO4/c1-2-43-32-20-24(19-27(39)36(32)44-21-23-14-15-25(37)26(38)18-23)33-34-28(10-6-12-30(34)41)40(17-16-22-8-4-3-5-9-22)29-11-7-13-31(42)35(29)33/h3-5,8-9,14-15,18-20,33H,2,6-7,10-13,16-17,21H2,1H3. The molecule has 44 heavy (non-hydrogen) atoms. The minimum atomic E-state index is -0.491. The summed E-state index contributed by atoms with van der Waals surface area (Å²) in [6, 6.07) is 19.4. The number of carbonyl (C=O) groups is 2. The highest BCUT2D eigenvalue weighted by molar-refractivity contribution is 6.42. The normalized spacial score (nSPS) is 17.1. The second-order valence-electron chi connectivity index (χ2n) is 11.4. The fourth-order valence-corrected chi connectivity index (χ4v) is 7.24. The lowest BCUT2D eigenvalue weighted by Gasteiger charge is -2.44. The van der Waals surface area contributed by atoms with Gasteiger partial charge in [0.25, 0.3) is 0 Å². The van der Waals surface area contributed by atoms with Crippen LogP contribution in [0.25, 0.3) is 0 Å². The molecule has 3 aromatic carbocycles. The van der Waals surface area contributed by atoms with Gasteiger partial charge < -0.3 is 14.4 Å². The molecule has 0 saturated carbocycles. The van der Waals surface area contributed by atoms with Gasteiger partial charge in [0.1, 0.15) is 6.61 Å². The molecule has 2 aliphatic carbocycles. The van der Waals surface area contributed by atoms with Crippen LogP contribution in [0.3, 0.4) is 0 Å². The molecule has 8 heteroatoms. The van der Waals surface area contributed by atoms with Crippen LogP contribution in [0.2, 0.25) is 15.1 Å². The van der Waals surface area contributed by atoms with Crippen molar-refractivity contribution in [1.82, 2.24) is 4.90 Å². The number of benzene rings is 3. The van der Waals surface area contributed by atoms with Crippen LogP contribution >= 0.6 is 34.8 Å². The second kappa shape index (κ2) is 13.4. The van der Waals surface area contributed by atoms with E-state index in [0.717, 1.165) is 72.3 Å². The average molecular weight is 651 g/mol. The van der Waals surface area contributed by atoms with Gasteiger partial charge in [0.05, 0.1) is 21.7 Å². The molecular formula is C36H34Cl3NO4. The van der Waals surface area contributed by atoms with E-state index in [2.05, 4.69) is 17.0 Å². The molecule has 228 valence electrons. The molecule has 0 unspecified atom stereocenters. The minimum Gasteiger partial charge on any atom is -0.490 e. The molecule has 1 heterocycles. The summed E-state index contributed by atoms with van der Waals surface area (Å²) in [5.74, 6) is 0.573. The van der Waals surface area contributed by atoms with Crippen LogP contribution < -0.4 is 9.47 Å². The number of ether oxygens (including phenoxy) is 2. The number of carbonyl (C=O) groups excluding carboxylic acids is 2. The lowest BCUT2D eigenvalue weighted by Crippen LogP contribution is -2.40. The van der Waals surface area contributed by atoms with Crippen molar-refractivity contribution in [3.05, 3.63) is 115 Å². The number of halogens is 3. The molecule has 5 nitrogen and oxygen atoms in total. The zero-order chi connectivity index (χ0) is 30.8. The van der Waals surface area contributed by atoms with Crippen LogP contribution in [0.1, 0.15) is 68.1 Å². The topological polar surface area (TPSA) is 55.8 Å². The predicted octanol–water partition coefficient (Wildman–Crippen LogP) is 9.28. The zero-order valence-electron chi connectivity index (χ0n) is 24.6. The molecule has 0 amide bonds. The minimum absolute atomic E-state index is 0.0971.